The van der Waals surface area contributed by atoms with Crippen LogP contribution in [0.3, 0.4) is 0 Å². The second-order valence-electron chi connectivity index (χ2n) is 14.7. The third-order valence-electron chi connectivity index (χ3n) is 9.85. The molecular weight excluding hydrogens is 802 g/mol. The second-order valence-corrected chi connectivity index (χ2v) is 14.7. The number of methoxy groups -OCH3 is 1. The number of aliphatic hydroxyl groups excluding tert-OH is 1. The van der Waals surface area contributed by atoms with E-state index < -0.39 is 29.6 Å². The number of phenolic OH excluding ortho intramolecular Hbond substituents is 1. The Kier molecular flexibility index (Phi) is 19.9. The van der Waals surface area contributed by atoms with E-state index in [1.54, 1.807) is 19.2 Å². The van der Waals surface area contributed by atoms with Crippen molar-refractivity contribution in [3.8, 4) is 11.5 Å². The van der Waals surface area contributed by atoms with Crippen molar-refractivity contribution < 1.29 is 75.6 Å². The summed E-state index contributed by atoms with van der Waals surface area (Å²) in [4.78, 5) is 42.6. The number of hydrogen-bond donors (Lipinski definition) is 7. The molecule has 0 radical (unpaired) electrons. The van der Waals surface area contributed by atoms with E-state index in [9.17, 15) is 34.5 Å². The number of hydrogen-bond acceptors (Lipinski definition) is 10. The minimum atomic E-state index is -1.50. The number of likely N-dealkylation sites (tertiary alicyclic amines) is 1. The molecule has 1 heterocycles. The molecule has 57 heavy (non-hydrogen) atoms. The van der Waals surface area contributed by atoms with E-state index in [1.807, 2.05) is 61.5 Å². The first-order valence-corrected chi connectivity index (χ1v) is 18.6. The molecule has 2 unspecified atom stereocenters. The largest absolute Gasteiger partial charge is 1.00 e. The van der Waals surface area contributed by atoms with Crippen molar-refractivity contribution in [1.29, 1.82) is 0 Å². The monoisotopic (exact) mass is 857 g/mol. The maximum Gasteiger partial charge on any atom is 0.343 e. The number of esters is 1. The first-order valence-electron chi connectivity index (χ1n) is 18.6. The summed E-state index contributed by atoms with van der Waals surface area (Å²) >= 11 is 0. The average molecular weight is 859 g/mol. The number of rotatable bonds is 15. The number of nitrogens with zero attached hydrogens (tertiary/aromatic N) is 1. The quantitative estimate of drug-likeness (QED) is 0.0380. The highest BCUT2D eigenvalue weighted by Gasteiger charge is 2.49. The molecule has 1 amide bonds. The van der Waals surface area contributed by atoms with Gasteiger partial charge in [0.1, 0.15) is 18.0 Å². The molecule has 1 saturated heterocycles. The Morgan fingerprint density at radius 1 is 0.947 bits per heavy atom. The summed E-state index contributed by atoms with van der Waals surface area (Å²) in [6.45, 7) is 4.24. The van der Waals surface area contributed by atoms with Crippen LogP contribution in [0.2, 0.25) is 0 Å². The number of carboxylic acids is 2. The fraction of sp³-hybridized carbons (Fsp3) is 0.429. The zero-order chi connectivity index (χ0) is 41.3. The van der Waals surface area contributed by atoms with Crippen molar-refractivity contribution in [2.75, 3.05) is 46.2 Å². The lowest BCUT2D eigenvalue weighted by molar-refractivity contribution is -0.879. The first-order chi connectivity index (χ1) is 26.6. The minimum Gasteiger partial charge on any atom is -1.00 e. The van der Waals surface area contributed by atoms with Gasteiger partial charge in [-0.1, -0.05) is 61.4 Å². The number of anilines is 1. The van der Waals surface area contributed by atoms with Gasteiger partial charge in [0.05, 0.1) is 39.5 Å². The number of amides is 1. The molecule has 7 N–H and O–H groups in total. The molecule has 3 aromatic carbocycles. The smallest absolute Gasteiger partial charge is 0.343 e. The van der Waals surface area contributed by atoms with E-state index in [-0.39, 0.29) is 46.5 Å². The number of benzene rings is 3. The third kappa shape index (κ3) is 15.6. The molecule has 1 aliphatic carbocycles. The summed E-state index contributed by atoms with van der Waals surface area (Å²) in [5.41, 5.74) is 1.24. The van der Waals surface area contributed by atoms with Gasteiger partial charge >= 0.3 is 17.9 Å². The fourth-order valence-corrected chi connectivity index (χ4v) is 6.82. The van der Waals surface area contributed by atoms with E-state index in [4.69, 9.17) is 19.7 Å². The van der Waals surface area contributed by atoms with Gasteiger partial charge in [-0.2, -0.15) is 0 Å². The van der Waals surface area contributed by atoms with Crippen LogP contribution in [-0.2, 0) is 35.9 Å². The maximum absolute atomic E-state index is 12.9. The van der Waals surface area contributed by atoms with Gasteiger partial charge in [0.25, 0.3) is 0 Å². The number of likely N-dealkylation sites (N-methyl/N-ethyl adjacent to an activating group) is 1. The number of aliphatic hydroxyl groups is 2. The molecule has 0 spiro atoms. The zero-order valence-electron chi connectivity index (χ0n) is 32.8. The van der Waals surface area contributed by atoms with Gasteiger partial charge in [-0.3, -0.25) is 4.79 Å². The molecule has 5 rings (SSSR count). The summed E-state index contributed by atoms with van der Waals surface area (Å²) < 4.78 is 11.8. The summed E-state index contributed by atoms with van der Waals surface area (Å²) in [7, 11) is 5.93. The van der Waals surface area contributed by atoms with Crippen molar-refractivity contribution in [1.82, 2.24) is 5.32 Å². The van der Waals surface area contributed by atoms with Crippen molar-refractivity contribution in [2.45, 2.75) is 69.3 Å². The molecule has 15 heteroatoms. The Balaban J connectivity index is 0.000000327. The summed E-state index contributed by atoms with van der Waals surface area (Å²) in [5.74, 6) is -2.22. The van der Waals surface area contributed by atoms with E-state index in [0.29, 0.717) is 36.2 Å². The third-order valence-corrected chi connectivity index (χ3v) is 9.85. The number of aromatic hydroxyl groups is 1. The van der Waals surface area contributed by atoms with Crippen molar-refractivity contribution in [2.24, 2.45) is 5.92 Å². The molecule has 1 saturated carbocycles. The van der Waals surface area contributed by atoms with Crippen molar-refractivity contribution in [3.63, 3.8) is 0 Å². The van der Waals surface area contributed by atoms with Crippen LogP contribution in [0.15, 0.2) is 84.9 Å². The van der Waals surface area contributed by atoms with Crippen LogP contribution in [-0.4, -0.2) is 107 Å². The minimum absolute atomic E-state index is 0. The van der Waals surface area contributed by atoms with Crippen LogP contribution in [0.1, 0.15) is 61.8 Å². The van der Waals surface area contributed by atoms with Crippen LogP contribution in [0.5, 0.6) is 11.5 Å². The molecule has 14 nitrogen and oxygen atoms in total. The number of carbonyl (C=O) groups excluding carboxylic acids is 2. The summed E-state index contributed by atoms with van der Waals surface area (Å²) in [5, 5.41) is 52.6. The molecular formula is C42H56BrN3O11. The van der Waals surface area contributed by atoms with Crippen LogP contribution in [0, 0.1) is 5.92 Å². The molecule has 2 aliphatic rings. The highest BCUT2D eigenvalue weighted by Crippen LogP contribution is 2.42. The highest BCUT2D eigenvalue weighted by molar-refractivity contribution is 5.89. The zero-order valence-corrected chi connectivity index (χ0v) is 34.4. The number of aliphatic carboxylic acids is 2. The predicted octanol–water partition coefficient (Wildman–Crippen LogP) is 1.40. The summed E-state index contributed by atoms with van der Waals surface area (Å²) in [6.07, 6.45) is 6.37. The number of carbonyl (C=O) groups is 4. The average Bonchev–Trinajstić information content (AvgIpc) is 3.84. The van der Waals surface area contributed by atoms with E-state index >= 15 is 0 Å². The Morgan fingerprint density at radius 2 is 1.56 bits per heavy atom. The maximum atomic E-state index is 12.9. The SMILES string of the molecule is COc1ccc(C[C@@H](C)NC[C@H](O)c2ccc(O)c(NC=O)c2)cc1.C[N+]1(C)CCC(OC(=O)C(O)(c2ccccc2)C2CCCC2)C1.O=C(O)/C=C/C(=O)O.[Br-]. The molecule has 1 aliphatic heterocycles. The number of ether oxygens (including phenoxy) is 2. The van der Waals surface area contributed by atoms with Gasteiger partial charge < -0.3 is 67.1 Å². The fourth-order valence-electron chi connectivity index (χ4n) is 6.82. The number of phenols is 1. The molecule has 2 fully saturated rings. The number of nitrogens with one attached hydrogen (secondary N) is 2. The first kappa shape index (κ1) is 48.3. The molecule has 3 aromatic rings. The molecule has 4 atom stereocenters. The van der Waals surface area contributed by atoms with Crippen LogP contribution in [0.4, 0.5) is 5.69 Å². The van der Waals surface area contributed by atoms with Crippen LogP contribution in [0.25, 0.3) is 0 Å². The Labute approximate surface area is 344 Å². The number of quaternary nitrogens is 1. The molecule has 0 aromatic heterocycles. The van der Waals surface area contributed by atoms with E-state index in [1.165, 1.54) is 11.6 Å². The highest BCUT2D eigenvalue weighted by atomic mass is 79.9. The van der Waals surface area contributed by atoms with Crippen LogP contribution >= 0.6 is 0 Å². The topological polar surface area (TPSA) is 212 Å². The predicted molar refractivity (Wildman–Crippen MR) is 210 cm³/mol. The van der Waals surface area contributed by atoms with E-state index in [2.05, 4.69) is 24.7 Å². The van der Waals surface area contributed by atoms with Gasteiger partial charge in [-0.15, -0.1) is 0 Å². The lowest BCUT2D eigenvalue weighted by Gasteiger charge is -2.33. The number of carboxylic acid groups (broad SMARTS) is 2. The second kappa shape index (κ2) is 23.4. The van der Waals surface area contributed by atoms with Gasteiger partial charge in [0, 0.05) is 37.1 Å². The Morgan fingerprint density at radius 3 is 2.09 bits per heavy atom. The lowest BCUT2D eigenvalue weighted by Crippen LogP contribution is -3.00. The Bertz CT molecular complexity index is 1740. The molecule has 0 bridgehead atoms. The van der Waals surface area contributed by atoms with Gasteiger partial charge in [0.2, 0.25) is 6.41 Å². The lowest BCUT2D eigenvalue weighted by atomic mass is 9.80. The van der Waals surface area contributed by atoms with E-state index in [0.717, 1.165) is 61.8 Å². The normalized spacial score (nSPS) is 17.9. The summed E-state index contributed by atoms with van der Waals surface area (Å²) in [6, 6.07) is 22.0. The van der Waals surface area contributed by atoms with Gasteiger partial charge in [-0.25, -0.2) is 14.4 Å². The standard InChI is InChI=1S/C19H24N2O4.C19H28NO3.C4H4O4.BrH/c1-13(9-14-3-6-16(25-2)7-4-14)20-11-19(24)15-5-8-18(23)17(10-15)21-12-22;1-20(2)13-12-17(14-20)23-18(21)19(22,16-10-6-7-11-16)15-8-4-3-5-9-15;5-3(6)1-2-4(7)8;/h3-8,10,12-13,19-20,23-24H,9,11H2,1-2H3,(H,21,22);3-5,8-9,16-17,22H,6-7,10-14H2,1-2H3;1-2H,(H,5,6)(H,7,8);1H/q;+1;;/p-1/b;;2-1+;/t13-,19+;;;/m1.../s1. The Hall–Kier alpha value is -4.80. The van der Waals surface area contributed by atoms with Crippen molar-refractivity contribution >= 4 is 30.0 Å². The van der Waals surface area contributed by atoms with Crippen molar-refractivity contribution in [3.05, 3.63) is 102 Å². The number of halogens is 1. The van der Waals surface area contributed by atoms with Gasteiger partial charge in [0.15, 0.2) is 11.7 Å². The van der Waals surface area contributed by atoms with Crippen LogP contribution < -0.4 is 32.4 Å². The molecule has 312 valence electrons. The van der Waals surface area contributed by atoms with Gasteiger partial charge in [-0.05, 0) is 67.1 Å².